The molecule has 0 aliphatic heterocycles. The Balaban J connectivity index is 1.94. The van der Waals surface area contributed by atoms with Crippen LogP contribution in [0.2, 0.25) is 0 Å². The van der Waals surface area contributed by atoms with Crippen LogP contribution in [0.25, 0.3) is 0 Å². The highest BCUT2D eigenvalue weighted by Crippen LogP contribution is 2.22. The molecule has 0 radical (unpaired) electrons. The van der Waals surface area contributed by atoms with E-state index in [1.54, 1.807) is 12.1 Å². The number of aromatic nitrogens is 2. The van der Waals surface area contributed by atoms with Crippen LogP contribution in [0, 0.1) is 11.3 Å². The molecule has 6 nitrogen and oxygen atoms in total. The summed E-state index contributed by atoms with van der Waals surface area (Å²) in [6, 6.07) is 8.66. The average Bonchev–Trinajstić information content (AvgIpc) is 2.95. The number of hydrogen-bond donors (Lipinski definition) is 2. The van der Waals surface area contributed by atoms with Crippen LogP contribution in [0.4, 0.5) is 9.93 Å². The number of hydrogen-bond acceptors (Lipinski definition) is 5. The maximum atomic E-state index is 12.0. The average molecular weight is 315 g/mol. The lowest BCUT2D eigenvalue weighted by atomic mass is 10.1. The number of rotatable bonds is 4. The fourth-order valence-electron chi connectivity index (χ4n) is 1.78. The summed E-state index contributed by atoms with van der Waals surface area (Å²) in [6.45, 7) is 5.93. The fraction of sp³-hybridized carbons (Fsp3) is 0.333. The van der Waals surface area contributed by atoms with Crippen molar-refractivity contribution in [3.8, 4) is 6.07 Å². The number of anilines is 1. The number of nitrogens with zero attached hydrogens (tertiary/aromatic N) is 3. The molecule has 0 spiro atoms. The number of benzene rings is 1. The van der Waals surface area contributed by atoms with Gasteiger partial charge in [0.05, 0.1) is 17.7 Å². The van der Waals surface area contributed by atoms with Crippen molar-refractivity contribution in [1.29, 1.82) is 5.26 Å². The van der Waals surface area contributed by atoms with Crippen LogP contribution in [0.15, 0.2) is 24.3 Å². The minimum Gasteiger partial charge on any atom is -0.331 e. The van der Waals surface area contributed by atoms with E-state index >= 15 is 0 Å². The second-order valence-corrected chi connectivity index (χ2v) is 6.16. The van der Waals surface area contributed by atoms with Gasteiger partial charge in [0.25, 0.3) is 0 Å². The molecule has 0 aliphatic rings. The molecule has 1 aromatic heterocycles. The van der Waals surface area contributed by atoms with Gasteiger partial charge in [0.2, 0.25) is 5.13 Å². The van der Waals surface area contributed by atoms with E-state index in [2.05, 4.69) is 26.9 Å². The van der Waals surface area contributed by atoms with Crippen molar-refractivity contribution < 1.29 is 4.79 Å². The van der Waals surface area contributed by atoms with Crippen LogP contribution < -0.4 is 10.6 Å². The Labute approximate surface area is 133 Å². The highest BCUT2D eigenvalue weighted by molar-refractivity contribution is 7.15. The van der Waals surface area contributed by atoms with Gasteiger partial charge < -0.3 is 5.32 Å². The first kappa shape index (κ1) is 15.9. The van der Waals surface area contributed by atoms with Crippen LogP contribution in [0.3, 0.4) is 0 Å². The van der Waals surface area contributed by atoms with E-state index in [1.807, 2.05) is 32.9 Å². The first-order valence-corrected chi connectivity index (χ1v) is 7.72. The van der Waals surface area contributed by atoms with Gasteiger partial charge in [0.15, 0.2) is 0 Å². The predicted octanol–water partition coefficient (Wildman–Crippen LogP) is 3.42. The molecule has 1 aromatic carbocycles. The summed E-state index contributed by atoms with van der Waals surface area (Å²) in [5, 5.41) is 23.6. The van der Waals surface area contributed by atoms with E-state index in [4.69, 9.17) is 5.26 Å². The summed E-state index contributed by atoms with van der Waals surface area (Å²) in [4.78, 5) is 12.0. The van der Waals surface area contributed by atoms with Gasteiger partial charge in [0.1, 0.15) is 5.01 Å². The molecule has 22 heavy (non-hydrogen) atoms. The second-order valence-electron chi connectivity index (χ2n) is 5.15. The number of carbonyl (C=O) groups excluding carboxylic acids is 1. The molecule has 2 amide bonds. The molecule has 0 saturated carbocycles. The standard InChI is InChI=1S/C15H17N5OS/c1-9(2)13-19-20-15(22-13)18-14(21)17-10(3)12-6-4-11(8-16)5-7-12/h4-7,9-10H,1-3H3,(H2,17,18,20,21). The first-order valence-electron chi connectivity index (χ1n) is 6.90. The Morgan fingerprint density at radius 3 is 2.45 bits per heavy atom. The van der Waals surface area contributed by atoms with E-state index in [9.17, 15) is 4.79 Å². The van der Waals surface area contributed by atoms with Crippen LogP contribution in [-0.4, -0.2) is 16.2 Å². The van der Waals surface area contributed by atoms with E-state index in [-0.39, 0.29) is 18.0 Å². The molecule has 2 N–H and O–H groups in total. The summed E-state index contributed by atoms with van der Waals surface area (Å²) in [7, 11) is 0. The largest absolute Gasteiger partial charge is 0.331 e. The van der Waals surface area contributed by atoms with Crippen molar-refractivity contribution in [3.63, 3.8) is 0 Å². The third-order valence-electron chi connectivity index (χ3n) is 3.04. The molecular formula is C15H17N5OS. The molecule has 0 bridgehead atoms. The number of nitrogens with one attached hydrogen (secondary N) is 2. The smallest absolute Gasteiger partial charge is 0.321 e. The Morgan fingerprint density at radius 1 is 1.23 bits per heavy atom. The van der Waals surface area contributed by atoms with Crippen LogP contribution >= 0.6 is 11.3 Å². The number of carbonyl (C=O) groups is 1. The third kappa shape index (κ3) is 4.02. The maximum Gasteiger partial charge on any atom is 0.321 e. The third-order valence-corrected chi connectivity index (χ3v) is 4.18. The van der Waals surface area contributed by atoms with Crippen LogP contribution in [0.5, 0.6) is 0 Å². The number of urea groups is 1. The van der Waals surface area contributed by atoms with Crippen molar-refractivity contribution in [1.82, 2.24) is 15.5 Å². The quantitative estimate of drug-likeness (QED) is 0.904. The molecule has 1 heterocycles. The maximum absolute atomic E-state index is 12.0. The van der Waals surface area contributed by atoms with Crippen LogP contribution in [0.1, 0.15) is 48.9 Å². The van der Waals surface area contributed by atoms with Crippen molar-refractivity contribution in [2.45, 2.75) is 32.7 Å². The van der Waals surface area contributed by atoms with Crippen molar-refractivity contribution in [2.75, 3.05) is 5.32 Å². The predicted molar refractivity (Wildman–Crippen MR) is 85.7 cm³/mol. The number of nitriles is 1. The zero-order chi connectivity index (χ0) is 16.1. The molecular weight excluding hydrogens is 298 g/mol. The molecule has 114 valence electrons. The normalized spacial score (nSPS) is 11.8. The minimum absolute atomic E-state index is 0.176. The van der Waals surface area contributed by atoms with Crippen molar-refractivity contribution in [2.24, 2.45) is 0 Å². The fourth-order valence-corrected chi connectivity index (χ4v) is 2.52. The van der Waals surface area contributed by atoms with E-state index < -0.39 is 0 Å². The van der Waals surface area contributed by atoms with Crippen molar-refractivity contribution in [3.05, 3.63) is 40.4 Å². The van der Waals surface area contributed by atoms with E-state index in [0.717, 1.165) is 10.6 Å². The summed E-state index contributed by atoms with van der Waals surface area (Å²) < 4.78 is 0. The van der Waals surface area contributed by atoms with Gasteiger partial charge in [-0.3, -0.25) is 5.32 Å². The second kappa shape index (κ2) is 7.00. The molecule has 1 unspecified atom stereocenters. The summed E-state index contributed by atoms with van der Waals surface area (Å²) >= 11 is 1.37. The lowest BCUT2D eigenvalue weighted by Gasteiger charge is -2.14. The summed E-state index contributed by atoms with van der Waals surface area (Å²) in [5.41, 5.74) is 1.52. The zero-order valence-electron chi connectivity index (χ0n) is 12.6. The Kier molecular flexibility index (Phi) is 5.07. The summed E-state index contributed by atoms with van der Waals surface area (Å²) in [6.07, 6.45) is 0. The molecule has 0 aliphatic carbocycles. The molecule has 0 saturated heterocycles. The highest BCUT2D eigenvalue weighted by Gasteiger charge is 2.13. The Morgan fingerprint density at radius 2 is 1.91 bits per heavy atom. The van der Waals surface area contributed by atoms with Gasteiger partial charge in [-0.05, 0) is 24.6 Å². The van der Waals surface area contributed by atoms with Gasteiger partial charge in [-0.25, -0.2) is 4.79 Å². The monoisotopic (exact) mass is 315 g/mol. The van der Waals surface area contributed by atoms with Crippen molar-refractivity contribution >= 4 is 22.5 Å². The van der Waals surface area contributed by atoms with E-state index in [1.165, 1.54) is 11.3 Å². The molecule has 2 rings (SSSR count). The first-order chi connectivity index (χ1) is 10.5. The van der Waals surface area contributed by atoms with Gasteiger partial charge >= 0.3 is 6.03 Å². The van der Waals surface area contributed by atoms with Gasteiger partial charge in [0, 0.05) is 5.92 Å². The highest BCUT2D eigenvalue weighted by atomic mass is 32.1. The number of amides is 2. The topological polar surface area (TPSA) is 90.7 Å². The summed E-state index contributed by atoms with van der Waals surface area (Å²) in [5.74, 6) is 0.286. The van der Waals surface area contributed by atoms with Crippen LogP contribution in [-0.2, 0) is 0 Å². The molecule has 0 fully saturated rings. The SMILES string of the molecule is CC(C)c1nnc(NC(=O)NC(C)c2ccc(C#N)cc2)s1. The Hall–Kier alpha value is -2.46. The Bertz CT molecular complexity index is 687. The lowest BCUT2D eigenvalue weighted by Crippen LogP contribution is -2.31. The lowest BCUT2D eigenvalue weighted by molar-refractivity contribution is 0.249. The van der Waals surface area contributed by atoms with E-state index in [0.29, 0.717) is 10.7 Å². The van der Waals surface area contributed by atoms with Gasteiger partial charge in [-0.15, -0.1) is 10.2 Å². The minimum atomic E-state index is -0.330. The molecule has 2 aromatic rings. The molecule has 7 heteroatoms. The molecule has 1 atom stereocenters. The van der Waals surface area contributed by atoms with Gasteiger partial charge in [-0.2, -0.15) is 5.26 Å². The zero-order valence-corrected chi connectivity index (χ0v) is 13.4. The van der Waals surface area contributed by atoms with Gasteiger partial charge in [-0.1, -0.05) is 37.3 Å².